The fraction of sp³-hybridized carbons (Fsp3) is 1.00. The highest BCUT2D eigenvalue weighted by molar-refractivity contribution is 4.92. The van der Waals surface area contributed by atoms with Gasteiger partial charge in [0.2, 0.25) is 0 Å². The van der Waals surface area contributed by atoms with Gasteiger partial charge in [0.1, 0.15) is 0 Å². The summed E-state index contributed by atoms with van der Waals surface area (Å²) in [6.45, 7) is 9.77. The predicted molar refractivity (Wildman–Crippen MR) is 77.9 cm³/mol. The first-order valence-corrected chi connectivity index (χ1v) is 7.72. The molecule has 0 aromatic carbocycles. The van der Waals surface area contributed by atoms with E-state index in [0.717, 1.165) is 24.4 Å². The first-order valence-electron chi connectivity index (χ1n) is 7.72. The molecule has 0 bridgehead atoms. The average molecular weight is 253 g/mol. The Morgan fingerprint density at radius 2 is 2.00 bits per heavy atom. The second-order valence-corrected chi connectivity index (χ2v) is 6.60. The van der Waals surface area contributed by atoms with E-state index in [-0.39, 0.29) is 0 Å². The van der Waals surface area contributed by atoms with Crippen LogP contribution in [0.4, 0.5) is 0 Å². The summed E-state index contributed by atoms with van der Waals surface area (Å²) in [7, 11) is 4.40. The molecule has 0 aliphatic carbocycles. The molecule has 0 aromatic heterocycles. The first-order chi connectivity index (χ1) is 8.63. The Kier molecular flexibility index (Phi) is 5.05. The van der Waals surface area contributed by atoms with Crippen molar-refractivity contribution in [2.45, 2.75) is 45.2 Å². The van der Waals surface area contributed by atoms with Crippen LogP contribution >= 0.6 is 0 Å². The normalized spacial score (nSPS) is 32.5. The molecule has 0 saturated carbocycles. The van der Waals surface area contributed by atoms with E-state index in [4.69, 9.17) is 0 Å². The number of fused-ring (bicyclic) bond motifs is 1. The van der Waals surface area contributed by atoms with Crippen molar-refractivity contribution in [3.63, 3.8) is 0 Å². The van der Waals surface area contributed by atoms with Crippen LogP contribution in [-0.2, 0) is 0 Å². The molecule has 0 spiro atoms. The average Bonchev–Trinajstić information content (AvgIpc) is 2.35. The van der Waals surface area contributed by atoms with Crippen molar-refractivity contribution in [3.8, 4) is 0 Å². The largest absolute Gasteiger partial charge is 0.318 e. The number of hydrogen-bond acceptors (Lipinski definition) is 3. The molecule has 18 heavy (non-hydrogen) atoms. The lowest BCUT2D eigenvalue weighted by atomic mass is 9.83. The molecular weight excluding hydrogens is 222 g/mol. The molecule has 106 valence electrons. The summed E-state index contributed by atoms with van der Waals surface area (Å²) in [6, 6.07) is 1.57. The topological polar surface area (TPSA) is 18.5 Å². The number of rotatable bonds is 4. The Morgan fingerprint density at radius 1 is 1.22 bits per heavy atom. The predicted octanol–water partition coefficient (Wildman–Crippen LogP) is 1.65. The van der Waals surface area contributed by atoms with Gasteiger partial charge in [0, 0.05) is 31.7 Å². The second-order valence-electron chi connectivity index (χ2n) is 6.60. The molecule has 1 N–H and O–H groups in total. The van der Waals surface area contributed by atoms with E-state index in [2.05, 4.69) is 43.1 Å². The summed E-state index contributed by atoms with van der Waals surface area (Å²) < 4.78 is 0. The van der Waals surface area contributed by atoms with Gasteiger partial charge in [-0.15, -0.1) is 0 Å². The van der Waals surface area contributed by atoms with Gasteiger partial charge >= 0.3 is 0 Å². The van der Waals surface area contributed by atoms with Crippen molar-refractivity contribution in [3.05, 3.63) is 0 Å². The molecule has 2 rings (SSSR count). The maximum absolute atomic E-state index is 3.38. The van der Waals surface area contributed by atoms with Crippen LogP contribution < -0.4 is 5.32 Å². The van der Waals surface area contributed by atoms with E-state index < -0.39 is 0 Å². The summed E-state index contributed by atoms with van der Waals surface area (Å²) in [5.41, 5.74) is 0. The van der Waals surface area contributed by atoms with Crippen LogP contribution in [0.3, 0.4) is 0 Å². The molecule has 2 aliphatic heterocycles. The molecule has 2 heterocycles. The van der Waals surface area contributed by atoms with E-state index >= 15 is 0 Å². The number of nitrogens with one attached hydrogen (secondary N) is 1. The number of nitrogens with zero attached hydrogens (tertiary/aromatic N) is 2. The standard InChI is InChI=1S/C15H31N3/c1-12(2)15(10-16-3)18-9-7-14-13(11-18)6-5-8-17(14)4/h12-16H,5-11H2,1-4H3. The zero-order valence-corrected chi connectivity index (χ0v) is 12.7. The zero-order chi connectivity index (χ0) is 13.1. The van der Waals surface area contributed by atoms with E-state index in [1.807, 2.05) is 0 Å². The van der Waals surface area contributed by atoms with E-state index in [1.165, 1.54) is 38.9 Å². The molecule has 0 aromatic rings. The van der Waals surface area contributed by atoms with Gasteiger partial charge in [-0.1, -0.05) is 13.8 Å². The summed E-state index contributed by atoms with van der Waals surface area (Å²) in [5.74, 6) is 1.66. The number of hydrogen-bond donors (Lipinski definition) is 1. The molecule has 0 amide bonds. The number of likely N-dealkylation sites (N-methyl/N-ethyl adjacent to an activating group) is 1. The fourth-order valence-corrected chi connectivity index (χ4v) is 3.98. The highest BCUT2D eigenvalue weighted by Gasteiger charge is 2.36. The van der Waals surface area contributed by atoms with Gasteiger partial charge in [-0.25, -0.2) is 0 Å². The Morgan fingerprint density at radius 3 is 2.67 bits per heavy atom. The molecular formula is C15H31N3. The molecule has 2 saturated heterocycles. The highest BCUT2D eigenvalue weighted by Crippen LogP contribution is 2.31. The van der Waals surface area contributed by atoms with Gasteiger partial charge in [0.25, 0.3) is 0 Å². The lowest BCUT2D eigenvalue weighted by molar-refractivity contribution is 0.0110. The summed E-state index contributed by atoms with van der Waals surface area (Å²) >= 11 is 0. The van der Waals surface area contributed by atoms with Crippen LogP contribution in [0.5, 0.6) is 0 Å². The van der Waals surface area contributed by atoms with Gasteiger partial charge < -0.3 is 10.2 Å². The Labute approximate surface area is 113 Å². The molecule has 3 atom stereocenters. The number of likely N-dealkylation sites (tertiary alicyclic amines) is 2. The third kappa shape index (κ3) is 3.06. The van der Waals surface area contributed by atoms with E-state index in [1.54, 1.807) is 0 Å². The Balaban J connectivity index is 1.96. The molecule has 2 aliphatic rings. The highest BCUT2D eigenvalue weighted by atomic mass is 15.2. The quantitative estimate of drug-likeness (QED) is 0.822. The van der Waals surface area contributed by atoms with Gasteiger partial charge in [-0.3, -0.25) is 4.90 Å². The van der Waals surface area contributed by atoms with Crippen molar-refractivity contribution in [2.75, 3.05) is 40.3 Å². The van der Waals surface area contributed by atoms with Crippen LogP contribution in [-0.4, -0.2) is 62.2 Å². The Hall–Kier alpha value is -0.120. The maximum atomic E-state index is 3.38. The smallest absolute Gasteiger partial charge is 0.0243 e. The fourth-order valence-electron chi connectivity index (χ4n) is 3.98. The van der Waals surface area contributed by atoms with Gasteiger partial charge in [0.05, 0.1) is 0 Å². The van der Waals surface area contributed by atoms with Crippen molar-refractivity contribution in [2.24, 2.45) is 11.8 Å². The molecule has 3 nitrogen and oxygen atoms in total. The minimum absolute atomic E-state index is 0.711. The lowest BCUT2D eigenvalue weighted by Gasteiger charge is -2.48. The van der Waals surface area contributed by atoms with E-state index in [0.29, 0.717) is 6.04 Å². The third-order valence-corrected chi connectivity index (χ3v) is 5.03. The monoisotopic (exact) mass is 253 g/mol. The van der Waals surface area contributed by atoms with Gasteiger partial charge in [0.15, 0.2) is 0 Å². The Bertz CT molecular complexity index is 254. The molecule has 2 fully saturated rings. The molecule has 3 heteroatoms. The zero-order valence-electron chi connectivity index (χ0n) is 12.7. The maximum Gasteiger partial charge on any atom is 0.0243 e. The summed E-state index contributed by atoms with van der Waals surface area (Å²) in [6.07, 6.45) is 4.20. The van der Waals surface area contributed by atoms with Gasteiger partial charge in [-0.2, -0.15) is 0 Å². The van der Waals surface area contributed by atoms with Crippen LogP contribution in [0.15, 0.2) is 0 Å². The van der Waals surface area contributed by atoms with Crippen molar-refractivity contribution in [1.29, 1.82) is 0 Å². The summed E-state index contributed by atoms with van der Waals surface area (Å²) in [4.78, 5) is 5.36. The lowest BCUT2D eigenvalue weighted by Crippen LogP contribution is -2.57. The first kappa shape index (κ1) is 14.3. The minimum Gasteiger partial charge on any atom is -0.318 e. The van der Waals surface area contributed by atoms with Crippen LogP contribution in [0.25, 0.3) is 0 Å². The number of piperidine rings is 2. The summed E-state index contributed by atoms with van der Waals surface area (Å²) in [5, 5.41) is 3.38. The molecule has 0 radical (unpaired) electrons. The van der Waals surface area contributed by atoms with Crippen LogP contribution in [0.2, 0.25) is 0 Å². The third-order valence-electron chi connectivity index (χ3n) is 5.03. The van der Waals surface area contributed by atoms with Gasteiger partial charge in [-0.05, 0) is 51.7 Å². The second kappa shape index (κ2) is 6.36. The van der Waals surface area contributed by atoms with Crippen molar-refractivity contribution in [1.82, 2.24) is 15.1 Å². The SMILES string of the molecule is CNCC(C(C)C)N1CCC2C(CCCN2C)C1. The van der Waals surface area contributed by atoms with Crippen molar-refractivity contribution < 1.29 is 0 Å². The van der Waals surface area contributed by atoms with Crippen molar-refractivity contribution >= 4 is 0 Å². The minimum atomic E-state index is 0.711. The van der Waals surface area contributed by atoms with Crippen LogP contribution in [0.1, 0.15) is 33.1 Å². The van der Waals surface area contributed by atoms with E-state index in [9.17, 15) is 0 Å². The molecule has 3 unspecified atom stereocenters. The van der Waals surface area contributed by atoms with Crippen LogP contribution in [0, 0.1) is 11.8 Å².